The fraction of sp³-hybridized carbons (Fsp3) is 0.562. The summed E-state index contributed by atoms with van der Waals surface area (Å²) in [6.07, 6.45) is 6.25. The van der Waals surface area contributed by atoms with Gasteiger partial charge in [0.2, 0.25) is 5.91 Å². The Morgan fingerprint density at radius 1 is 1.22 bits per heavy atom. The van der Waals surface area contributed by atoms with Crippen LogP contribution in [-0.4, -0.2) is 61.4 Å². The molecular weight excluding hydrogens is 292 g/mol. The lowest BCUT2D eigenvalue weighted by Gasteiger charge is -2.34. The van der Waals surface area contributed by atoms with Gasteiger partial charge in [-0.2, -0.15) is 10.2 Å². The van der Waals surface area contributed by atoms with Crippen molar-refractivity contribution < 1.29 is 4.79 Å². The molecule has 1 aliphatic heterocycles. The van der Waals surface area contributed by atoms with Gasteiger partial charge in [-0.15, -0.1) is 0 Å². The molecule has 7 nitrogen and oxygen atoms in total. The van der Waals surface area contributed by atoms with Crippen molar-refractivity contribution in [1.29, 1.82) is 0 Å². The highest BCUT2D eigenvalue weighted by Crippen LogP contribution is 2.09. The molecule has 3 rings (SSSR count). The Kier molecular flexibility index (Phi) is 4.76. The van der Waals surface area contributed by atoms with Crippen LogP contribution in [-0.2, 0) is 24.9 Å². The second kappa shape index (κ2) is 6.95. The van der Waals surface area contributed by atoms with E-state index < -0.39 is 0 Å². The van der Waals surface area contributed by atoms with Crippen molar-refractivity contribution in [2.45, 2.75) is 26.4 Å². The maximum atomic E-state index is 12.3. The lowest BCUT2D eigenvalue weighted by Crippen LogP contribution is -2.48. The van der Waals surface area contributed by atoms with Crippen LogP contribution in [0.1, 0.15) is 17.7 Å². The zero-order valence-corrected chi connectivity index (χ0v) is 13.9. The van der Waals surface area contributed by atoms with E-state index in [9.17, 15) is 4.79 Å². The van der Waals surface area contributed by atoms with Crippen LogP contribution in [0.4, 0.5) is 0 Å². The predicted molar refractivity (Wildman–Crippen MR) is 86.6 cm³/mol. The van der Waals surface area contributed by atoms with E-state index in [0.29, 0.717) is 13.0 Å². The molecule has 124 valence electrons. The van der Waals surface area contributed by atoms with Gasteiger partial charge < -0.3 is 4.90 Å². The average molecular weight is 316 g/mol. The van der Waals surface area contributed by atoms with Gasteiger partial charge >= 0.3 is 0 Å². The van der Waals surface area contributed by atoms with Crippen LogP contribution >= 0.6 is 0 Å². The monoisotopic (exact) mass is 316 g/mol. The smallest absolute Gasteiger partial charge is 0.224 e. The summed E-state index contributed by atoms with van der Waals surface area (Å²) in [6.45, 7) is 7.02. The fourth-order valence-corrected chi connectivity index (χ4v) is 2.96. The summed E-state index contributed by atoms with van der Waals surface area (Å²) >= 11 is 0. The molecule has 0 spiro atoms. The van der Waals surface area contributed by atoms with Crippen molar-refractivity contribution in [2.24, 2.45) is 7.05 Å². The number of carbonyl (C=O) groups is 1. The molecule has 2 aromatic heterocycles. The first kappa shape index (κ1) is 15.7. The van der Waals surface area contributed by atoms with E-state index in [4.69, 9.17) is 0 Å². The Hall–Kier alpha value is -2.15. The number of rotatable bonds is 5. The molecule has 0 unspecified atom stereocenters. The Balaban J connectivity index is 1.43. The highest BCUT2D eigenvalue weighted by Gasteiger charge is 2.21. The molecule has 3 heterocycles. The standard InChI is InChI=1S/C16H24N6O/c1-14-3-5-17-22(14)6-4-16(23)21-9-7-20(8-10-21)13-15-11-18-19(2)12-15/h3,5,11-12H,4,6-10,13H2,1-2H3. The summed E-state index contributed by atoms with van der Waals surface area (Å²) in [4.78, 5) is 16.7. The summed E-state index contributed by atoms with van der Waals surface area (Å²) in [5.41, 5.74) is 2.32. The Morgan fingerprint density at radius 3 is 2.61 bits per heavy atom. The molecule has 1 saturated heterocycles. The first-order valence-electron chi connectivity index (χ1n) is 8.08. The summed E-state index contributed by atoms with van der Waals surface area (Å²) in [7, 11) is 1.93. The van der Waals surface area contributed by atoms with Crippen molar-refractivity contribution in [2.75, 3.05) is 26.2 Å². The van der Waals surface area contributed by atoms with E-state index >= 15 is 0 Å². The number of nitrogens with zero attached hydrogens (tertiary/aromatic N) is 6. The number of hydrogen-bond acceptors (Lipinski definition) is 4. The van der Waals surface area contributed by atoms with E-state index in [1.165, 1.54) is 5.56 Å². The van der Waals surface area contributed by atoms with E-state index in [1.807, 2.05) is 46.7 Å². The molecule has 7 heteroatoms. The number of amides is 1. The molecule has 0 bridgehead atoms. The molecule has 0 aromatic carbocycles. The van der Waals surface area contributed by atoms with Crippen LogP contribution < -0.4 is 0 Å². The van der Waals surface area contributed by atoms with Gasteiger partial charge in [0, 0.05) is 76.4 Å². The molecule has 1 amide bonds. The van der Waals surface area contributed by atoms with Crippen LogP contribution in [0.15, 0.2) is 24.7 Å². The summed E-state index contributed by atoms with van der Waals surface area (Å²) in [6, 6.07) is 1.96. The minimum absolute atomic E-state index is 0.223. The van der Waals surface area contributed by atoms with Gasteiger partial charge in [-0.25, -0.2) is 0 Å². The lowest BCUT2D eigenvalue weighted by molar-refractivity contribution is -0.133. The SMILES string of the molecule is Cc1ccnn1CCC(=O)N1CCN(Cc2cnn(C)c2)CC1. The van der Waals surface area contributed by atoms with Gasteiger partial charge in [-0.3, -0.25) is 19.1 Å². The second-order valence-electron chi connectivity index (χ2n) is 6.12. The second-order valence-corrected chi connectivity index (χ2v) is 6.12. The Morgan fingerprint density at radius 2 is 2.00 bits per heavy atom. The normalized spacial score (nSPS) is 16.0. The highest BCUT2D eigenvalue weighted by atomic mass is 16.2. The lowest BCUT2D eigenvalue weighted by atomic mass is 10.2. The molecule has 0 atom stereocenters. The minimum atomic E-state index is 0.223. The van der Waals surface area contributed by atoms with E-state index in [0.717, 1.165) is 38.4 Å². The van der Waals surface area contributed by atoms with Crippen LogP contribution in [0.3, 0.4) is 0 Å². The van der Waals surface area contributed by atoms with Crippen molar-refractivity contribution in [1.82, 2.24) is 29.4 Å². The van der Waals surface area contributed by atoms with Crippen LogP contribution in [0, 0.1) is 6.92 Å². The number of carbonyl (C=O) groups excluding carboxylic acids is 1. The van der Waals surface area contributed by atoms with Crippen molar-refractivity contribution in [3.63, 3.8) is 0 Å². The third kappa shape index (κ3) is 3.98. The van der Waals surface area contributed by atoms with Crippen LogP contribution in [0.5, 0.6) is 0 Å². The zero-order valence-electron chi connectivity index (χ0n) is 13.9. The van der Waals surface area contributed by atoms with Gasteiger partial charge in [0.25, 0.3) is 0 Å². The molecule has 23 heavy (non-hydrogen) atoms. The van der Waals surface area contributed by atoms with Gasteiger partial charge in [0.05, 0.1) is 6.20 Å². The van der Waals surface area contributed by atoms with E-state index in [-0.39, 0.29) is 5.91 Å². The predicted octanol–water partition coefficient (Wildman–Crippen LogP) is 0.660. The maximum absolute atomic E-state index is 12.3. The molecule has 0 N–H and O–H groups in total. The molecular formula is C16H24N6O. The Bertz CT molecular complexity index is 653. The van der Waals surface area contributed by atoms with Crippen LogP contribution in [0.2, 0.25) is 0 Å². The average Bonchev–Trinajstić information content (AvgIpc) is 3.14. The van der Waals surface area contributed by atoms with Gasteiger partial charge in [0.15, 0.2) is 0 Å². The van der Waals surface area contributed by atoms with Gasteiger partial charge in [-0.05, 0) is 13.0 Å². The molecule has 0 saturated carbocycles. The Labute approximate surface area is 136 Å². The summed E-state index contributed by atoms with van der Waals surface area (Å²) < 4.78 is 3.71. The van der Waals surface area contributed by atoms with E-state index in [2.05, 4.69) is 15.1 Å². The number of hydrogen-bond donors (Lipinski definition) is 0. The fourth-order valence-electron chi connectivity index (χ4n) is 2.96. The third-order valence-electron chi connectivity index (χ3n) is 4.36. The first-order valence-corrected chi connectivity index (χ1v) is 8.08. The largest absolute Gasteiger partial charge is 0.340 e. The number of aromatic nitrogens is 4. The summed E-state index contributed by atoms with van der Waals surface area (Å²) in [5, 5.41) is 8.42. The maximum Gasteiger partial charge on any atom is 0.224 e. The van der Waals surface area contributed by atoms with E-state index in [1.54, 1.807) is 6.20 Å². The van der Waals surface area contributed by atoms with Gasteiger partial charge in [0.1, 0.15) is 0 Å². The topological polar surface area (TPSA) is 59.2 Å². The number of aryl methyl sites for hydroxylation is 3. The minimum Gasteiger partial charge on any atom is -0.340 e. The number of piperazine rings is 1. The third-order valence-corrected chi connectivity index (χ3v) is 4.36. The zero-order chi connectivity index (χ0) is 16.2. The summed E-state index contributed by atoms with van der Waals surface area (Å²) in [5.74, 6) is 0.223. The highest BCUT2D eigenvalue weighted by molar-refractivity contribution is 5.76. The molecule has 2 aromatic rings. The molecule has 1 aliphatic rings. The molecule has 1 fully saturated rings. The molecule has 0 aliphatic carbocycles. The quantitative estimate of drug-likeness (QED) is 0.813. The van der Waals surface area contributed by atoms with Crippen molar-refractivity contribution in [3.05, 3.63) is 35.9 Å². The van der Waals surface area contributed by atoms with Crippen molar-refractivity contribution in [3.8, 4) is 0 Å². The van der Waals surface area contributed by atoms with Crippen molar-refractivity contribution >= 4 is 5.91 Å². The molecule has 0 radical (unpaired) electrons. The van der Waals surface area contributed by atoms with Gasteiger partial charge in [-0.1, -0.05) is 0 Å². The van der Waals surface area contributed by atoms with Crippen LogP contribution in [0.25, 0.3) is 0 Å². The first-order chi connectivity index (χ1) is 11.1.